The molecule has 1 aromatic rings. The van der Waals surface area contributed by atoms with Crippen molar-refractivity contribution in [3.8, 4) is 0 Å². The van der Waals surface area contributed by atoms with Gasteiger partial charge in [-0.1, -0.05) is 22.6 Å². The standard InChI is InChI=1S/C10H11IN2O5/c11-2-1-6-3-13(10(16)12-9(6)15)7-5-17-8(4-14)18-7/h1-3,7-8,14H,4-5H2,(H,12,15,16)/b2-1+/t7-,8-/m0/s1. The highest BCUT2D eigenvalue weighted by Crippen LogP contribution is 2.18. The summed E-state index contributed by atoms with van der Waals surface area (Å²) in [6.07, 6.45) is 1.60. The molecule has 0 aliphatic carbocycles. The van der Waals surface area contributed by atoms with E-state index < -0.39 is 23.8 Å². The van der Waals surface area contributed by atoms with Gasteiger partial charge in [0.05, 0.1) is 18.8 Å². The number of aromatic nitrogens is 2. The summed E-state index contributed by atoms with van der Waals surface area (Å²) >= 11 is 1.98. The Morgan fingerprint density at radius 1 is 1.61 bits per heavy atom. The lowest BCUT2D eigenvalue weighted by atomic mass is 10.3. The number of hydrogen-bond donors (Lipinski definition) is 2. The maximum absolute atomic E-state index is 11.7. The molecule has 1 aliphatic rings. The Morgan fingerprint density at radius 2 is 2.39 bits per heavy atom. The summed E-state index contributed by atoms with van der Waals surface area (Å²) < 4.78 is 13.3. The minimum atomic E-state index is -0.739. The highest BCUT2D eigenvalue weighted by Gasteiger charge is 2.27. The SMILES string of the molecule is O=c1[nH]c(=O)n([C@@H]2CO[C@H](CO)O2)cc1/C=C/I. The molecular formula is C10H11IN2O5. The first kappa shape index (κ1) is 13.5. The Morgan fingerprint density at radius 3 is 3.00 bits per heavy atom. The molecule has 0 unspecified atom stereocenters. The molecule has 0 saturated carbocycles. The van der Waals surface area contributed by atoms with Crippen LogP contribution in [-0.2, 0) is 9.47 Å². The van der Waals surface area contributed by atoms with E-state index in [-0.39, 0.29) is 13.2 Å². The monoisotopic (exact) mass is 366 g/mol. The molecule has 2 rings (SSSR count). The molecule has 0 bridgehead atoms. The lowest BCUT2D eigenvalue weighted by molar-refractivity contribution is -0.0993. The lowest BCUT2D eigenvalue weighted by Gasteiger charge is -2.12. The average molecular weight is 366 g/mol. The number of hydrogen-bond acceptors (Lipinski definition) is 5. The van der Waals surface area contributed by atoms with Crippen LogP contribution in [0.4, 0.5) is 0 Å². The second-order valence-electron chi connectivity index (χ2n) is 3.58. The number of rotatable bonds is 3. The van der Waals surface area contributed by atoms with Gasteiger partial charge in [-0.05, 0) is 10.2 Å². The topological polar surface area (TPSA) is 93.6 Å². The first-order chi connectivity index (χ1) is 8.65. The van der Waals surface area contributed by atoms with Crippen LogP contribution in [0, 0.1) is 0 Å². The summed E-state index contributed by atoms with van der Waals surface area (Å²) in [5.41, 5.74) is -0.681. The number of halogens is 1. The van der Waals surface area contributed by atoms with Crippen molar-refractivity contribution in [2.75, 3.05) is 13.2 Å². The number of aliphatic hydroxyl groups is 1. The van der Waals surface area contributed by atoms with Crippen LogP contribution in [0.15, 0.2) is 19.9 Å². The minimum Gasteiger partial charge on any atom is -0.391 e. The second-order valence-corrected chi connectivity index (χ2v) is 4.30. The Balaban J connectivity index is 2.36. The first-order valence-corrected chi connectivity index (χ1v) is 6.40. The van der Waals surface area contributed by atoms with Crippen molar-refractivity contribution in [2.45, 2.75) is 12.5 Å². The van der Waals surface area contributed by atoms with Crippen molar-refractivity contribution in [2.24, 2.45) is 0 Å². The molecule has 0 radical (unpaired) electrons. The smallest absolute Gasteiger partial charge is 0.330 e. The van der Waals surface area contributed by atoms with E-state index in [0.717, 1.165) is 0 Å². The molecule has 0 spiro atoms. The van der Waals surface area contributed by atoms with Gasteiger partial charge in [-0.15, -0.1) is 0 Å². The third-order valence-electron chi connectivity index (χ3n) is 2.43. The van der Waals surface area contributed by atoms with Gasteiger partial charge in [0.15, 0.2) is 12.5 Å². The summed E-state index contributed by atoms with van der Waals surface area (Å²) in [6.45, 7) is -0.139. The maximum Gasteiger partial charge on any atom is 0.330 e. The van der Waals surface area contributed by atoms with E-state index in [9.17, 15) is 9.59 Å². The summed E-state index contributed by atoms with van der Waals surface area (Å²) in [6, 6.07) is 0. The minimum absolute atomic E-state index is 0.143. The molecule has 0 amide bonds. The van der Waals surface area contributed by atoms with Gasteiger partial charge in [0.1, 0.15) is 0 Å². The lowest BCUT2D eigenvalue weighted by Crippen LogP contribution is -2.34. The van der Waals surface area contributed by atoms with Gasteiger partial charge < -0.3 is 14.6 Å². The molecule has 2 N–H and O–H groups in total. The fraction of sp³-hybridized carbons (Fsp3) is 0.400. The third kappa shape index (κ3) is 2.71. The predicted octanol–water partition coefficient (Wildman–Crippen LogP) is -0.194. The molecule has 1 aromatic heterocycles. The fourth-order valence-electron chi connectivity index (χ4n) is 1.59. The van der Waals surface area contributed by atoms with Crippen LogP contribution in [0.2, 0.25) is 0 Å². The van der Waals surface area contributed by atoms with Crippen LogP contribution in [0.1, 0.15) is 11.8 Å². The van der Waals surface area contributed by atoms with Crippen molar-refractivity contribution >= 4 is 28.7 Å². The molecule has 98 valence electrons. The second kappa shape index (κ2) is 5.78. The number of ether oxygens (including phenoxy) is 2. The van der Waals surface area contributed by atoms with Gasteiger partial charge in [0.2, 0.25) is 0 Å². The highest BCUT2D eigenvalue weighted by atomic mass is 127. The zero-order valence-corrected chi connectivity index (χ0v) is 11.4. The molecule has 2 heterocycles. The van der Waals surface area contributed by atoms with Crippen LogP contribution in [0.25, 0.3) is 6.08 Å². The Kier molecular flexibility index (Phi) is 4.32. The molecule has 7 nitrogen and oxygen atoms in total. The van der Waals surface area contributed by atoms with Crippen molar-refractivity contribution in [1.29, 1.82) is 0 Å². The van der Waals surface area contributed by atoms with Crippen molar-refractivity contribution in [1.82, 2.24) is 9.55 Å². The maximum atomic E-state index is 11.7. The third-order valence-corrected chi connectivity index (χ3v) is 2.79. The van der Waals surface area contributed by atoms with Gasteiger partial charge in [0, 0.05) is 6.20 Å². The van der Waals surface area contributed by atoms with Crippen molar-refractivity contribution in [3.63, 3.8) is 0 Å². The molecule has 1 saturated heterocycles. The largest absolute Gasteiger partial charge is 0.391 e. The number of aliphatic hydroxyl groups excluding tert-OH is 1. The number of nitrogens with one attached hydrogen (secondary N) is 1. The number of nitrogens with zero attached hydrogens (tertiary/aromatic N) is 1. The van der Waals surface area contributed by atoms with Gasteiger partial charge in [-0.2, -0.15) is 0 Å². The Hall–Kier alpha value is -0.970. The van der Waals surface area contributed by atoms with E-state index in [0.29, 0.717) is 5.56 Å². The summed E-state index contributed by atoms with van der Waals surface area (Å²) in [5, 5.41) is 8.88. The molecular weight excluding hydrogens is 355 g/mol. The first-order valence-electron chi connectivity index (χ1n) is 5.16. The van der Waals surface area contributed by atoms with E-state index in [1.807, 2.05) is 22.6 Å². The Bertz CT molecular complexity index is 564. The van der Waals surface area contributed by atoms with Crippen LogP contribution < -0.4 is 11.2 Å². The summed E-state index contributed by atoms with van der Waals surface area (Å²) in [5.74, 6) is 0. The van der Waals surface area contributed by atoms with Gasteiger partial charge >= 0.3 is 5.69 Å². The van der Waals surface area contributed by atoms with Crippen LogP contribution in [0.3, 0.4) is 0 Å². The summed E-state index contributed by atoms with van der Waals surface area (Å²) in [4.78, 5) is 25.3. The molecule has 1 fully saturated rings. The molecule has 1 aliphatic heterocycles. The Labute approximate surface area is 115 Å². The van der Waals surface area contributed by atoms with E-state index >= 15 is 0 Å². The fourth-order valence-corrected chi connectivity index (χ4v) is 1.97. The summed E-state index contributed by atoms with van der Waals surface area (Å²) in [7, 11) is 0. The van der Waals surface area contributed by atoms with Gasteiger partial charge in [-0.25, -0.2) is 4.79 Å². The van der Waals surface area contributed by atoms with Gasteiger partial charge in [0.25, 0.3) is 5.56 Å². The van der Waals surface area contributed by atoms with E-state index in [2.05, 4.69) is 4.98 Å². The zero-order chi connectivity index (χ0) is 13.1. The number of aromatic amines is 1. The molecule has 8 heteroatoms. The van der Waals surface area contributed by atoms with E-state index in [1.54, 1.807) is 10.2 Å². The van der Waals surface area contributed by atoms with Crippen molar-refractivity contribution in [3.05, 3.63) is 36.7 Å². The average Bonchev–Trinajstić information content (AvgIpc) is 2.81. The van der Waals surface area contributed by atoms with E-state index in [1.165, 1.54) is 10.8 Å². The predicted molar refractivity (Wildman–Crippen MR) is 71.3 cm³/mol. The van der Waals surface area contributed by atoms with Crippen LogP contribution in [0.5, 0.6) is 0 Å². The molecule has 0 aromatic carbocycles. The highest BCUT2D eigenvalue weighted by molar-refractivity contribution is 14.1. The molecule has 2 atom stereocenters. The molecule has 18 heavy (non-hydrogen) atoms. The van der Waals surface area contributed by atoms with Crippen LogP contribution in [-0.4, -0.2) is 34.2 Å². The van der Waals surface area contributed by atoms with E-state index in [4.69, 9.17) is 14.6 Å². The zero-order valence-electron chi connectivity index (χ0n) is 9.21. The van der Waals surface area contributed by atoms with Crippen LogP contribution >= 0.6 is 22.6 Å². The van der Waals surface area contributed by atoms with Crippen molar-refractivity contribution < 1.29 is 14.6 Å². The number of H-pyrrole nitrogens is 1. The van der Waals surface area contributed by atoms with Gasteiger partial charge in [-0.3, -0.25) is 14.3 Å². The normalized spacial score (nSPS) is 23.9. The quantitative estimate of drug-likeness (QED) is 0.724.